The predicted octanol–water partition coefficient (Wildman–Crippen LogP) is 4.76. The van der Waals surface area contributed by atoms with Gasteiger partial charge in [-0.15, -0.1) is 0 Å². The Hall–Kier alpha value is -2.07. The zero-order valence-electron chi connectivity index (χ0n) is 13.9. The number of nitrogens with one attached hydrogen (secondary N) is 1. The molecular formula is C18H22ClNO3. The molecule has 0 bridgehead atoms. The zero-order valence-corrected chi connectivity index (χ0v) is 14.6. The lowest BCUT2D eigenvalue weighted by atomic mass is 10.2. The molecular weight excluding hydrogens is 314 g/mol. The number of halogens is 1. The van der Waals surface area contributed by atoms with E-state index in [1.165, 1.54) is 0 Å². The molecule has 0 unspecified atom stereocenters. The smallest absolute Gasteiger partial charge is 0.163 e. The molecule has 0 radical (unpaired) electrons. The standard InChI is InChI=1S/C18H22ClNO3/c1-12(2)23-18-10-16(19)13(9-17(18)22-4)11-20-14-5-7-15(21-3)8-6-14/h5-10,12,20H,11H2,1-4H3. The Bertz CT molecular complexity index is 641. The van der Waals surface area contributed by atoms with E-state index in [1.807, 2.05) is 44.2 Å². The maximum absolute atomic E-state index is 6.36. The Kier molecular flexibility index (Phi) is 5.99. The van der Waals surface area contributed by atoms with Crippen LogP contribution in [0.1, 0.15) is 19.4 Å². The quantitative estimate of drug-likeness (QED) is 0.792. The van der Waals surface area contributed by atoms with Crippen LogP contribution in [0.25, 0.3) is 0 Å². The minimum Gasteiger partial charge on any atom is -0.497 e. The fraction of sp³-hybridized carbons (Fsp3) is 0.333. The summed E-state index contributed by atoms with van der Waals surface area (Å²) >= 11 is 6.36. The molecule has 5 heteroatoms. The van der Waals surface area contributed by atoms with Crippen molar-refractivity contribution >= 4 is 17.3 Å². The first-order chi connectivity index (χ1) is 11.0. The number of anilines is 1. The van der Waals surface area contributed by atoms with E-state index in [4.69, 9.17) is 25.8 Å². The van der Waals surface area contributed by atoms with Crippen LogP contribution in [0.4, 0.5) is 5.69 Å². The summed E-state index contributed by atoms with van der Waals surface area (Å²) in [4.78, 5) is 0. The van der Waals surface area contributed by atoms with Crippen molar-refractivity contribution in [1.82, 2.24) is 0 Å². The molecule has 0 saturated carbocycles. The number of hydrogen-bond donors (Lipinski definition) is 1. The van der Waals surface area contributed by atoms with Crippen LogP contribution < -0.4 is 19.5 Å². The molecule has 0 atom stereocenters. The summed E-state index contributed by atoms with van der Waals surface area (Å²) in [5.74, 6) is 2.15. The van der Waals surface area contributed by atoms with Crippen molar-refractivity contribution in [1.29, 1.82) is 0 Å². The molecule has 0 fully saturated rings. The van der Waals surface area contributed by atoms with E-state index in [-0.39, 0.29) is 6.10 Å². The number of rotatable bonds is 7. The van der Waals surface area contributed by atoms with Crippen molar-refractivity contribution in [3.05, 3.63) is 47.0 Å². The van der Waals surface area contributed by atoms with Crippen LogP contribution in [-0.4, -0.2) is 20.3 Å². The molecule has 0 aliphatic rings. The number of benzene rings is 2. The summed E-state index contributed by atoms with van der Waals surface area (Å²) in [7, 11) is 3.27. The highest BCUT2D eigenvalue weighted by molar-refractivity contribution is 6.31. The predicted molar refractivity (Wildman–Crippen MR) is 94.1 cm³/mol. The summed E-state index contributed by atoms with van der Waals surface area (Å²) in [5.41, 5.74) is 1.93. The largest absolute Gasteiger partial charge is 0.497 e. The Morgan fingerprint density at radius 3 is 2.26 bits per heavy atom. The highest BCUT2D eigenvalue weighted by Gasteiger charge is 2.12. The molecule has 23 heavy (non-hydrogen) atoms. The lowest BCUT2D eigenvalue weighted by Gasteiger charge is -2.16. The minimum absolute atomic E-state index is 0.0586. The van der Waals surface area contributed by atoms with E-state index in [1.54, 1.807) is 20.3 Å². The van der Waals surface area contributed by atoms with Crippen molar-refractivity contribution in [3.8, 4) is 17.2 Å². The number of methoxy groups -OCH3 is 2. The normalized spacial score (nSPS) is 10.5. The van der Waals surface area contributed by atoms with E-state index >= 15 is 0 Å². The number of hydrogen-bond acceptors (Lipinski definition) is 4. The zero-order chi connectivity index (χ0) is 16.8. The monoisotopic (exact) mass is 335 g/mol. The first-order valence-corrected chi connectivity index (χ1v) is 7.82. The second-order valence-electron chi connectivity index (χ2n) is 5.34. The van der Waals surface area contributed by atoms with Crippen LogP contribution in [0, 0.1) is 0 Å². The summed E-state index contributed by atoms with van der Waals surface area (Å²) in [5, 5.41) is 3.97. The van der Waals surface area contributed by atoms with E-state index in [9.17, 15) is 0 Å². The van der Waals surface area contributed by atoms with Crippen LogP contribution >= 0.6 is 11.6 Å². The average molecular weight is 336 g/mol. The molecule has 1 N–H and O–H groups in total. The number of ether oxygens (including phenoxy) is 3. The van der Waals surface area contributed by atoms with Gasteiger partial charge in [-0.3, -0.25) is 0 Å². The van der Waals surface area contributed by atoms with Crippen LogP contribution in [0.15, 0.2) is 36.4 Å². The first kappa shape index (κ1) is 17.3. The molecule has 0 saturated heterocycles. The minimum atomic E-state index is 0.0586. The van der Waals surface area contributed by atoms with Gasteiger partial charge in [0.2, 0.25) is 0 Å². The van der Waals surface area contributed by atoms with E-state index < -0.39 is 0 Å². The fourth-order valence-corrected chi connectivity index (χ4v) is 2.34. The highest BCUT2D eigenvalue weighted by atomic mass is 35.5. The molecule has 2 aromatic rings. The highest BCUT2D eigenvalue weighted by Crippen LogP contribution is 2.34. The topological polar surface area (TPSA) is 39.7 Å². The van der Waals surface area contributed by atoms with Gasteiger partial charge in [-0.1, -0.05) is 11.6 Å². The maximum Gasteiger partial charge on any atom is 0.163 e. The molecule has 2 rings (SSSR count). The molecule has 124 valence electrons. The van der Waals surface area contributed by atoms with Crippen LogP contribution in [-0.2, 0) is 6.54 Å². The van der Waals surface area contributed by atoms with Gasteiger partial charge in [-0.25, -0.2) is 0 Å². The molecule has 2 aromatic carbocycles. The third-order valence-electron chi connectivity index (χ3n) is 3.27. The van der Waals surface area contributed by atoms with Gasteiger partial charge >= 0.3 is 0 Å². The lowest BCUT2D eigenvalue weighted by molar-refractivity contribution is 0.230. The van der Waals surface area contributed by atoms with E-state index in [2.05, 4.69) is 5.32 Å². The summed E-state index contributed by atoms with van der Waals surface area (Å²) in [6.45, 7) is 4.52. The Morgan fingerprint density at radius 1 is 1.00 bits per heavy atom. The van der Waals surface area contributed by atoms with Gasteiger partial charge in [-0.2, -0.15) is 0 Å². The third kappa shape index (κ3) is 4.70. The molecule has 0 aliphatic heterocycles. The van der Waals surface area contributed by atoms with Crippen molar-refractivity contribution in [3.63, 3.8) is 0 Å². The molecule has 0 aliphatic carbocycles. The van der Waals surface area contributed by atoms with Crippen molar-refractivity contribution < 1.29 is 14.2 Å². The molecule has 0 aromatic heterocycles. The molecule has 0 spiro atoms. The van der Waals surface area contributed by atoms with Gasteiger partial charge < -0.3 is 19.5 Å². The average Bonchev–Trinajstić information content (AvgIpc) is 2.54. The summed E-state index contributed by atoms with van der Waals surface area (Å²) in [6, 6.07) is 11.4. The van der Waals surface area contributed by atoms with E-state index in [0.717, 1.165) is 17.0 Å². The van der Waals surface area contributed by atoms with Gasteiger partial charge in [0.15, 0.2) is 11.5 Å². The lowest BCUT2D eigenvalue weighted by Crippen LogP contribution is -2.08. The van der Waals surface area contributed by atoms with Gasteiger partial charge in [0, 0.05) is 23.3 Å². The van der Waals surface area contributed by atoms with Crippen molar-refractivity contribution in [2.75, 3.05) is 19.5 Å². The van der Waals surface area contributed by atoms with Crippen LogP contribution in [0.2, 0.25) is 5.02 Å². The molecule has 0 heterocycles. The maximum atomic E-state index is 6.36. The van der Waals surface area contributed by atoms with E-state index in [0.29, 0.717) is 23.1 Å². The van der Waals surface area contributed by atoms with Crippen LogP contribution in [0.5, 0.6) is 17.2 Å². The van der Waals surface area contributed by atoms with Crippen LogP contribution in [0.3, 0.4) is 0 Å². The second-order valence-corrected chi connectivity index (χ2v) is 5.75. The van der Waals surface area contributed by atoms with Crippen molar-refractivity contribution in [2.45, 2.75) is 26.5 Å². The van der Waals surface area contributed by atoms with Gasteiger partial charge in [0.05, 0.1) is 20.3 Å². The fourth-order valence-electron chi connectivity index (χ4n) is 2.12. The second kappa shape index (κ2) is 7.97. The SMILES string of the molecule is COc1ccc(NCc2cc(OC)c(OC(C)C)cc2Cl)cc1. The van der Waals surface area contributed by atoms with Gasteiger partial charge in [-0.05, 0) is 49.7 Å². The first-order valence-electron chi connectivity index (χ1n) is 7.44. The summed E-state index contributed by atoms with van der Waals surface area (Å²) in [6.07, 6.45) is 0.0586. The molecule has 4 nitrogen and oxygen atoms in total. The third-order valence-corrected chi connectivity index (χ3v) is 3.62. The van der Waals surface area contributed by atoms with Gasteiger partial charge in [0.25, 0.3) is 0 Å². The Labute approximate surface area is 142 Å². The van der Waals surface area contributed by atoms with Crippen molar-refractivity contribution in [2.24, 2.45) is 0 Å². The van der Waals surface area contributed by atoms with Gasteiger partial charge in [0.1, 0.15) is 5.75 Å². The molecule has 0 amide bonds. The Balaban J connectivity index is 2.12. The Morgan fingerprint density at radius 2 is 1.70 bits per heavy atom. The summed E-state index contributed by atoms with van der Waals surface area (Å²) < 4.78 is 16.3.